The number of ether oxygens (including phenoxy) is 4. The van der Waals surface area contributed by atoms with Gasteiger partial charge < -0.3 is 59.8 Å². The van der Waals surface area contributed by atoms with Gasteiger partial charge in [0.2, 0.25) is 0 Å². The molecular formula is C27H44O12. The molecule has 0 amide bonds. The molecule has 1 aromatic rings. The summed E-state index contributed by atoms with van der Waals surface area (Å²) < 4.78 is 23.0. The molecule has 2 aliphatic heterocycles. The van der Waals surface area contributed by atoms with Crippen LogP contribution in [-0.2, 0) is 24.7 Å². The summed E-state index contributed by atoms with van der Waals surface area (Å²) in [5.74, 6) is -5.05. The van der Waals surface area contributed by atoms with Crippen LogP contribution >= 0.6 is 0 Å². The van der Waals surface area contributed by atoms with Crippen LogP contribution in [0.25, 0.3) is 0 Å². The third-order valence-corrected chi connectivity index (χ3v) is 7.44. The summed E-state index contributed by atoms with van der Waals surface area (Å²) in [5, 5.41) is 83.8. The number of rotatable bonds is 14. The summed E-state index contributed by atoms with van der Waals surface area (Å²) in [6, 6.07) is 7.96. The molecule has 0 radical (unpaired) electrons. The van der Waals surface area contributed by atoms with Crippen LogP contribution in [0.3, 0.4) is 0 Å². The van der Waals surface area contributed by atoms with Gasteiger partial charge in [0.15, 0.2) is 6.29 Å². The Morgan fingerprint density at radius 1 is 0.769 bits per heavy atom. The minimum Gasteiger partial charge on any atom is -0.394 e. The Kier molecular flexibility index (Phi) is 12.1. The van der Waals surface area contributed by atoms with Gasteiger partial charge in [0.25, 0.3) is 11.6 Å². The van der Waals surface area contributed by atoms with Gasteiger partial charge in [0, 0.05) is 5.56 Å². The zero-order valence-corrected chi connectivity index (χ0v) is 22.3. The second kappa shape index (κ2) is 14.6. The van der Waals surface area contributed by atoms with E-state index in [1.807, 2.05) is 0 Å². The van der Waals surface area contributed by atoms with Crippen LogP contribution in [0, 0.1) is 0 Å². The molecule has 39 heavy (non-hydrogen) atoms. The summed E-state index contributed by atoms with van der Waals surface area (Å²) in [7, 11) is 0. The van der Waals surface area contributed by atoms with E-state index in [2.05, 4.69) is 6.92 Å². The van der Waals surface area contributed by atoms with Crippen LogP contribution in [-0.4, -0.2) is 115 Å². The molecule has 0 aliphatic carbocycles. The standard InChI is InChI=1S/C27H44O12/c1-2-3-4-5-6-7-11-14-36-26(35)24(33)21(30)18(15-28)39-27(26,17-12-9-8-10-13-17)37-16-19-20(29)22(31)23(32)25(34)38-19/h8-10,12-13,18-25,28-35H,2-7,11,14-16H2,1H3/t18-,19-,20-,21-,22+,23+,24+,25-,26-,27-/m1/s1. The number of hydrogen-bond acceptors (Lipinski definition) is 12. The Morgan fingerprint density at radius 3 is 2.05 bits per heavy atom. The van der Waals surface area contributed by atoms with E-state index in [0.717, 1.165) is 38.5 Å². The molecule has 2 heterocycles. The van der Waals surface area contributed by atoms with Gasteiger partial charge in [-0.25, -0.2) is 0 Å². The van der Waals surface area contributed by atoms with Gasteiger partial charge in [-0.3, -0.25) is 0 Å². The largest absolute Gasteiger partial charge is 0.394 e. The van der Waals surface area contributed by atoms with Gasteiger partial charge in [-0.05, 0) is 6.42 Å². The predicted molar refractivity (Wildman–Crippen MR) is 136 cm³/mol. The molecule has 2 fully saturated rings. The molecule has 3 rings (SSSR count). The van der Waals surface area contributed by atoms with Crippen LogP contribution in [0.15, 0.2) is 30.3 Å². The van der Waals surface area contributed by atoms with Crippen molar-refractivity contribution in [3.05, 3.63) is 35.9 Å². The Bertz CT molecular complexity index is 845. The van der Waals surface area contributed by atoms with Gasteiger partial charge in [0.1, 0.15) is 42.7 Å². The van der Waals surface area contributed by atoms with E-state index in [1.54, 1.807) is 18.2 Å². The average molecular weight is 561 g/mol. The molecule has 0 unspecified atom stereocenters. The molecule has 0 bridgehead atoms. The average Bonchev–Trinajstić information content (AvgIpc) is 2.95. The molecule has 1 aromatic carbocycles. The highest BCUT2D eigenvalue weighted by Crippen LogP contribution is 2.47. The van der Waals surface area contributed by atoms with Gasteiger partial charge in [-0.2, -0.15) is 0 Å². The monoisotopic (exact) mass is 560 g/mol. The second-order valence-electron chi connectivity index (χ2n) is 10.3. The molecule has 8 N–H and O–H groups in total. The van der Waals surface area contributed by atoms with Crippen LogP contribution in [0.1, 0.15) is 57.4 Å². The molecule has 0 saturated carbocycles. The number of benzene rings is 1. The number of aliphatic hydroxyl groups is 8. The smallest absolute Gasteiger partial charge is 0.255 e. The lowest BCUT2D eigenvalue weighted by atomic mass is 9.84. The van der Waals surface area contributed by atoms with Crippen LogP contribution in [0.4, 0.5) is 0 Å². The SMILES string of the molecule is CCCCCCCCCO[C@]1(O)[C@@H](O)[C@H](O)[C@@H](CO)O[C@]1(OC[C@H]1O[C@@H](O)[C@@H](O)[C@@H](O)[C@@H]1O)c1ccccc1. The third-order valence-electron chi connectivity index (χ3n) is 7.44. The number of unbranched alkanes of at least 4 members (excludes halogenated alkanes) is 6. The van der Waals surface area contributed by atoms with Gasteiger partial charge in [0.05, 0.1) is 19.8 Å². The maximum atomic E-state index is 11.9. The zero-order chi connectivity index (χ0) is 28.6. The highest BCUT2D eigenvalue weighted by atomic mass is 16.8. The molecule has 2 aliphatic rings. The quantitative estimate of drug-likeness (QED) is 0.105. The van der Waals surface area contributed by atoms with Crippen LogP contribution < -0.4 is 0 Å². The van der Waals surface area contributed by atoms with E-state index in [4.69, 9.17) is 18.9 Å². The molecule has 10 atom stereocenters. The summed E-state index contributed by atoms with van der Waals surface area (Å²) in [4.78, 5) is 0. The van der Waals surface area contributed by atoms with E-state index >= 15 is 0 Å². The third kappa shape index (κ3) is 6.97. The summed E-state index contributed by atoms with van der Waals surface area (Å²) in [6.45, 7) is 0.750. The fourth-order valence-electron chi connectivity index (χ4n) is 5.03. The lowest BCUT2D eigenvalue weighted by Gasteiger charge is -2.54. The van der Waals surface area contributed by atoms with Crippen molar-refractivity contribution in [3.8, 4) is 0 Å². The Balaban J connectivity index is 1.88. The van der Waals surface area contributed by atoms with E-state index < -0.39 is 73.8 Å². The fourth-order valence-corrected chi connectivity index (χ4v) is 5.03. The zero-order valence-electron chi connectivity index (χ0n) is 22.3. The van der Waals surface area contributed by atoms with Gasteiger partial charge in [-0.15, -0.1) is 0 Å². The minimum absolute atomic E-state index is 0.0225. The maximum Gasteiger partial charge on any atom is 0.255 e. The maximum absolute atomic E-state index is 11.9. The molecule has 2 saturated heterocycles. The first kappa shape index (κ1) is 32.3. The van der Waals surface area contributed by atoms with E-state index in [1.165, 1.54) is 12.1 Å². The highest BCUT2D eigenvalue weighted by molar-refractivity contribution is 5.26. The lowest BCUT2D eigenvalue weighted by Crippen LogP contribution is -2.73. The first-order chi connectivity index (χ1) is 18.6. The van der Waals surface area contributed by atoms with Crippen LogP contribution in [0.2, 0.25) is 0 Å². The van der Waals surface area contributed by atoms with Crippen molar-refractivity contribution >= 4 is 0 Å². The van der Waals surface area contributed by atoms with Crippen molar-refractivity contribution < 1.29 is 59.8 Å². The van der Waals surface area contributed by atoms with Crippen molar-refractivity contribution in [3.63, 3.8) is 0 Å². The van der Waals surface area contributed by atoms with Gasteiger partial charge >= 0.3 is 0 Å². The van der Waals surface area contributed by atoms with Crippen LogP contribution in [0.5, 0.6) is 0 Å². The fraction of sp³-hybridized carbons (Fsp3) is 0.778. The van der Waals surface area contributed by atoms with Crippen molar-refractivity contribution in [1.29, 1.82) is 0 Å². The Hall–Kier alpha value is -1.26. The second-order valence-corrected chi connectivity index (χ2v) is 10.3. The first-order valence-electron chi connectivity index (χ1n) is 13.7. The molecule has 224 valence electrons. The number of hydrogen-bond donors (Lipinski definition) is 8. The molecule has 12 heteroatoms. The highest BCUT2D eigenvalue weighted by Gasteiger charge is 2.67. The summed E-state index contributed by atoms with van der Waals surface area (Å²) >= 11 is 0. The topological polar surface area (TPSA) is 199 Å². The normalized spacial score (nSPS) is 39.1. The van der Waals surface area contributed by atoms with Crippen molar-refractivity contribution in [2.75, 3.05) is 19.8 Å². The summed E-state index contributed by atoms with van der Waals surface area (Å²) in [5.41, 5.74) is 0.155. The number of aliphatic hydroxyl groups excluding tert-OH is 7. The van der Waals surface area contributed by atoms with E-state index in [0.29, 0.717) is 6.42 Å². The molecular weight excluding hydrogens is 516 g/mol. The lowest BCUT2D eigenvalue weighted by molar-refractivity contribution is -0.478. The van der Waals surface area contributed by atoms with Crippen molar-refractivity contribution in [2.24, 2.45) is 0 Å². The van der Waals surface area contributed by atoms with Gasteiger partial charge in [-0.1, -0.05) is 75.8 Å². The first-order valence-corrected chi connectivity index (χ1v) is 13.7. The predicted octanol–water partition coefficient (Wildman–Crippen LogP) is -0.775. The summed E-state index contributed by atoms with van der Waals surface area (Å²) in [6.07, 6.45) is -6.80. The molecule has 12 nitrogen and oxygen atoms in total. The Labute approximate surface area is 228 Å². The minimum atomic E-state index is -2.70. The van der Waals surface area contributed by atoms with Crippen molar-refractivity contribution in [2.45, 2.75) is 112 Å². The molecule has 0 aromatic heterocycles. The van der Waals surface area contributed by atoms with E-state index in [9.17, 15) is 40.9 Å². The van der Waals surface area contributed by atoms with Crippen molar-refractivity contribution in [1.82, 2.24) is 0 Å². The Morgan fingerprint density at radius 2 is 1.41 bits per heavy atom. The molecule has 0 spiro atoms. The van der Waals surface area contributed by atoms with E-state index in [-0.39, 0.29) is 12.2 Å².